The number of nitrogens with one attached hydrogen (secondary N) is 2. The van der Waals surface area contributed by atoms with Crippen molar-refractivity contribution in [2.24, 2.45) is 5.92 Å². The van der Waals surface area contributed by atoms with E-state index >= 15 is 0 Å². The van der Waals surface area contributed by atoms with E-state index in [2.05, 4.69) is 10.6 Å². The molecule has 6 heteroatoms. The Morgan fingerprint density at radius 2 is 2.00 bits per heavy atom. The van der Waals surface area contributed by atoms with E-state index in [1.165, 1.54) is 11.3 Å². The van der Waals surface area contributed by atoms with Gasteiger partial charge in [0.15, 0.2) is 0 Å². The van der Waals surface area contributed by atoms with Gasteiger partial charge in [-0.1, -0.05) is 19.9 Å². The highest BCUT2D eigenvalue weighted by atomic mass is 32.1. The van der Waals surface area contributed by atoms with E-state index in [9.17, 15) is 9.59 Å². The molecule has 2 unspecified atom stereocenters. The minimum Gasteiger partial charge on any atom is -0.394 e. The second-order valence-electron chi connectivity index (χ2n) is 4.71. The SMILES string of the molecule is CC(NC(=O)c1cccs1)C(=O)NC(CO)C(C)C. The zero-order valence-electron chi connectivity index (χ0n) is 11.3. The van der Waals surface area contributed by atoms with Crippen LogP contribution in [-0.2, 0) is 4.79 Å². The summed E-state index contributed by atoms with van der Waals surface area (Å²) < 4.78 is 0. The molecule has 0 aliphatic heterocycles. The highest BCUT2D eigenvalue weighted by Crippen LogP contribution is 2.08. The molecule has 19 heavy (non-hydrogen) atoms. The first-order valence-corrected chi connectivity index (χ1v) is 7.09. The first-order chi connectivity index (χ1) is 8.95. The number of hydrogen-bond acceptors (Lipinski definition) is 4. The van der Waals surface area contributed by atoms with E-state index in [4.69, 9.17) is 5.11 Å². The second-order valence-corrected chi connectivity index (χ2v) is 5.66. The fourth-order valence-electron chi connectivity index (χ4n) is 1.47. The van der Waals surface area contributed by atoms with Gasteiger partial charge in [-0.15, -0.1) is 11.3 Å². The highest BCUT2D eigenvalue weighted by Gasteiger charge is 2.21. The highest BCUT2D eigenvalue weighted by molar-refractivity contribution is 7.12. The fraction of sp³-hybridized carbons (Fsp3) is 0.538. The van der Waals surface area contributed by atoms with Crippen LogP contribution in [0.3, 0.4) is 0 Å². The summed E-state index contributed by atoms with van der Waals surface area (Å²) in [6, 6.07) is 2.55. The first-order valence-electron chi connectivity index (χ1n) is 6.21. The van der Waals surface area contributed by atoms with Crippen LogP contribution in [0.25, 0.3) is 0 Å². The number of carbonyl (C=O) groups excluding carboxylic acids is 2. The van der Waals surface area contributed by atoms with Gasteiger partial charge < -0.3 is 15.7 Å². The van der Waals surface area contributed by atoms with Gasteiger partial charge in [-0.2, -0.15) is 0 Å². The van der Waals surface area contributed by atoms with Crippen LogP contribution in [0.1, 0.15) is 30.4 Å². The lowest BCUT2D eigenvalue weighted by Crippen LogP contribution is -2.50. The summed E-state index contributed by atoms with van der Waals surface area (Å²) in [7, 11) is 0. The van der Waals surface area contributed by atoms with E-state index in [1.807, 2.05) is 13.8 Å². The third kappa shape index (κ3) is 4.65. The van der Waals surface area contributed by atoms with Crippen molar-refractivity contribution in [3.05, 3.63) is 22.4 Å². The van der Waals surface area contributed by atoms with E-state index in [0.717, 1.165) is 0 Å². The summed E-state index contributed by atoms with van der Waals surface area (Å²) in [6.45, 7) is 5.33. The Balaban J connectivity index is 2.51. The molecule has 3 N–H and O–H groups in total. The Kier molecular flexibility index (Phi) is 5.98. The predicted octanol–water partition coefficient (Wildman–Crippen LogP) is 0.999. The molecule has 0 saturated heterocycles. The molecule has 1 rings (SSSR count). The van der Waals surface area contributed by atoms with Gasteiger partial charge in [0.05, 0.1) is 17.5 Å². The summed E-state index contributed by atoms with van der Waals surface area (Å²) in [5, 5.41) is 16.3. The Labute approximate surface area is 117 Å². The van der Waals surface area contributed by atoms with Gasteiger partial charge in [-0.05, 0) is 24.3 Å². The summed E-state index contributed by atoms with van der Waals surface area (Å²) in [4.78, 5) is 24.2. The molecule has 1 aromatic rings. The monoisotopic (exact) mass is 284 g/mol. The molecule has 0 aromatic carbocycles. The molecule has 0 aliphatic carbocycles. The number of rotatable bonds is 6. The molecule has 0 radical (unpaired) electrons. The average Bonchev–Trinajstić information content (AvgIpc) is 2.88. The molecule has 0 aliphatic rings. The zero-order valence-corrected chi connectivity index (χ0v) is 12.2. The van der Waals surface area contributed by atoms with Crippen LogP contribution in [0.2, 0.25) is 0 Å². The Bertz CT molecular complexity index is 418. The number of carbonyl (C=O) groups is 2. The van der Waals surface area contributed by atoms with Crippen molar-refractivity contribution in [1.29, 1.82) is 0 Å². The van der Waals surface area contributed by atoms with Crippen molar-refractivity contribution in [2.45, 2.75) is 32.9 Å². The average molecular weight is 284 g/mol. The topological polar surface area (TPSA) is 78.4 Å². The van der Waals surface area contributed by atoms with Crippen molar-refractivity contribution >= 4 is 23.2 Å². The summed E-state index contributed by atoms with van der Waals surface area (Å²) >= 11 is 1.32. The molecule has 2 amide bonds. The maximum atomic E-state index is 11.9. The summed E-state index contributed by atoms with van der Waals surface area (Å²) in [5.74, 6) is -0.422. The molecular formula is C13H20N2O3S. The van der Waals surface area contributed by atoms with Crippen LogP contribution < -0.4 is 10.6 Å². The van der Waals surface area contributed by atoms with E-state index in [-0.39, 0.29) is 30.4 Å². The quantitative estimate of drug-likeness (QED) is 0.729. The summed E-state index contributed by atoms with van der Waals surface area (Å²) in [5.41, 5.74) is 0. The third-order valence-corrected chi connectivity index (χ3v) is 3.68. The number of aliphatic hydroxyl groups is 1. The van der Waals surface area contributed by atoms with Gasteiger partial charge in [-0.3, -0.25) is 9.59 Å². The lowest BCUT2D eigenvalue weighted by atomic mass is 10.1. The van der Waals surface area contributed by atoms with E-state index in [0.29, 0.717) is 4.88 Å². The second kappa shape index (κ2) is 7.25. The normalized spacial score (nSPS) is 13.9. The first kappa shape index (κ1) is 15.7. The van der Waals surface area contributed by atoms with Crippen LogP contribution in [0, 0.1) is 5.92 Å². The van der Waals surface area contributed by atoms with Gasteiger partial charge in [0.1, 0.15) is 6.04 Å². The predicted molar refractivity (Wildman–Crippen MR) is 75.1 cm³/mol. The maximum absolute atomic E-state index is 11.9. The minimum absolute atomic E-state index is 0.116. The van der Waals surface area contributed by atoms with Gasteiger partial charge in [-0.25, -0.2) is 0 Å². The molecule has 0 bridgehead atoms. The Morgan fingerprint density at radius 3 is 2.47 bits per heavy atom. The number of aliphatic hydroxyl groups excluding tert-OH is 1. The van der Waals surface area contributed by atoms with E-state index in [1.54, 1.807) is 24.4 Å². The zero-order chi connectivity index (χ0) is 14.4. The van der Waals surface area contributed by atoms with Crippen molar-refractivity contribution in [2.75, 3.05) is 6.61 Å². The van der Waals surface area contributed by atoms with Crippen molar-refractivity contribution in [3.8, 4) is 0 Å². The van der Waals surface area contributed by atoms with Crippen LogP contribution >= 0.6 is 11.3 Å². The van der Waals surface area contributed by atoms with E-state index < -0.39 is 6.04 Å². The number of thiophene rings is 1. The van der Waals surface area contributed by atoms with Gasteiger partial charge in [0.2, 0.25) is 5.91 Å². The van der Waals surface area contributed by atoms with Crippen LogP contribution in [0.5, 0.6) is 0 Å². The maximum Gasteiger partial charge on any atom is 0.261 e. The van der Waals surface area contributed by atoms with Crippen LogP contribution in [0.15, 0.2) is 17.5 Å². The lowest BCUT2D eigenvalue weighted by molar-refractivity contribution is -0.123. The van der Waals surface area contributed by atoms with Gasteiger partial charge >= 0.3 is 0 Å². The lowest BCUT2D eigenvalue weighted by Gasteiger charge is -2.22. The molecule has 1 aromatic heterocycles. The molecule has 106 valence electrons. The Hall–Kier alpha value is -1.40. The Morgan fingerprint density at radius 1 is 1.32 bits per heavy atom. The smallest absolute Gasteiger partial charge is 0.261 e. The van der Waals surface area contributed by atoms with Gasteiger partial charge in [0, 0.05) is 0 Å². The molecule has 0 spiro atoms. The van der Waals surface area contributed by atoms with Crippen LogP contribution in [0.4, 0.5) is 0 Å². The number of amides is 2. The standard InChI is InChI=1S/C13H20N2O3S/c1-8(2)10(7-16)15-12(17)9(3)14-13(18)11-5-4-6-19-11/h4-6,8-10,16H,7H2,1-3H3,(H,14,18)(H,15,17). The van der Waals surface area contributed by atoms with Crippen molar-refractivity contribution in [1.82, 2.24) is 10.6 Å². The minimum atomic E-state index is -0.637. The molecular weight excluding hydrogens is 264 g/mol. The fourth-order valence-corrected chi connectivity index (χ4v) is 2.10. The number of hydrogen-bond donors (Lipinski definition) is 3. The molecule has 1 heterocycles. The third-order valence-electron chi connectivity index (χ3n) is 2.81. The van der Waals surface area contributed by atoms with Crippen LogP contribution in [-0.4, -0.2) is 35.6 Å². The molecule has 2 atom stereocenters. The molecule has 0 fully saturated rings. The summed E-state index contributed by atoms with van der Waals surface area (Å²) in [6.07, 6.45) is 0. The van der Waals surface area contributed by atoms with Crippen molar-refractivity contribution < 1.29 is 14.7 Å². The van der Waals surface area contributed by atoms with Gasteiger partial charge in [0.25, 0.3) is 5.91 Å². The largest absolute Gasteiger partial charge is 0.394 e. The molecule has 0 saturated carbocycles. The van der Waals surface area contributed by atoms with Crippen molar-refractivity contribution in [3.63, 3.8) is 0 Å². The molecule has 5 nitrogen and oxygen atoms in total.